The maximum atomic E-state index is 12.8. The van der Waals surface area contributed by atoms with E-state index in [4.69, 9.17) is 9.47 Å². The van der Waals surface area contributed by atoms with Crippen LogP contribution in [0, 0.1) is 10.1 Å². The third-order valence-electron chi connectivity index (χ3n) is 4.90. The fraction of sp³-hybridized carbons (Fsp3) is 0.409. The minimum atomic E-state index is -0.429. The predicted octanol–water partition coefficient (Wildman–Crippen LogP) is 4.54. The molecule has 1 saturated heterocycles. The van der Waals surface area contributed by atoms with E-state index in [-0.39, 0.29) is 22.9 Å². The number of likely N-dealkylation sites (tertiary alicyclic amines) is 1. The number of nitro groups is 1. The number of hydrogen-bond donors (Lipinski definition) is 0. The van der Waals surface area contributed by atoms with Crippen molar-refractivity contribution >= 4 is 23.4 Å². The summed E-state index contributed by atoms with van der Waals surface area (Å²) < 4.78 is 11.7. The first-order chi connectivity index (χ1) is 14.5. The van der Waals surface area contributed by atoms with Crippen LogP contribution >= 0.6 is 11.8 Å². The van der Waals surface area contributed by atoms with Crippen LogP contribution in [0.1, 0.15) is 26.7 Å². The number of benzene rings is 2. The molecule has 1 heterocycles. The molecule has 1 fully saturated rings. The van der Waals surface area contributed by atoms with Crippen LogP contribution < -0.4 is 9.47 Å². The molecule has 1 unspecified atom stereocenters. The standard InChI is InChI=1S/C22H26N2O5S/c1-3-28-20-6-4-5-7-21(20)29-18-12-14-23(15-13-18)22(25)16(2)30-19-10-8-17(9-11-19)24(26)27/h4-11,16,18H,3,12-15H2,1-2H3. The van der Waals surface area contributed by atoms with Crippen molar-refractivity contribution in [3.05, 3.63) is 58.6 Å². The second-order valence-corrected chi connectivity index (χ2v) is 8.45. The van der Waals surface area contributed by atoms with Gasteiger partial charge in [-0.1, -0.05) is 12.1 Å². The number of carbonyl (C=O) groups is 1. The van der Waals surface area contributed by atoms with Crippen LogP contribution in [0.3, 0.4) is 0 Å². The topological polar surface area (TPSA) is 81.9 Å². The Kier molecular flexibility index (Phi) is 7.57. The van der Waals surface area contributed by atoms with Gasteiger partial charge in [-0.25, -0.2) is 0 Å². The van der Waals surface area contributed by atoms with Gasteiger partial charge in [0.25, 0.3) is 5.69 Å². The smallest absolute Gasteiger partial charge is 0.269 e. The number of hydrogen-bond acceptors (Lipinski definition) is 6. The molecule has 0 aliphatic carbocycles. The molecule has 1 aliphatic heterocycles. The van der Waals surface area contributed by atoms with Gasteiger partial charge in [0.1, 0.15) is 6.10 Å². The Hall–Kier alpha value is -2.74. The van der Waals surface area contributed by atoms with E-state index < -0.39 is 4.92 Å². The molecule has 1 amide bonds. The Morgan fingerprint density at radius 1 is 1.17 bits per heavy atom. The van der Waals surface area contributed by atoms with Gasteiger partial charge in [-0.05, 0) is 38.1 Å². The Morgan fingerprint density at radius 3 is 2.40 bits per heavy atom. The molecular weight excluding hydrogens is 404 g/mol. The van der Waals surface area contributed by atoms with E-state index in [1.807, 2.05) is 43.0 Å². The number of amides is 1. The van der Waals surface area contributed by atoms with Gasteiger partial charge in [0, 0.05) is 43.0 Å². The lowest BCUT2D eigenvalue weighted by atomic mass is 10.1. The van der Waals surface area contributed by atoms with E-state index in [0.717, 1.165) is 29.2 Å². The molecule has 3 rings (SSSR count). The van der Waals surface area contributed by atoms with Gasteiger partial charge in [-0.15, -0.1) is 11.8 Å². The molecule has 2 aromatic rings. The zero-order valence-corrected chi connectivity index (χ0v) is 18.0. The number of ether oxygens (including phenoxy) is 2. The Labute approximate surface area is 180 Å². The zero-order chi connectivity index (χ0) is 21.5. The molecule has 8 heteroatoms. The van der Waals surface area contributed by atoms with Crippen molar-refractivity contribution in [3.8, 4) is 11.5 Å². The summed E-state index contributed by atoms with van der Waals surface area (Å²) >= 11 is 1.41. The van der Waals surface area contributed by atoms with E-state index in [9.17, 15) is 14.9 Å². The number of para-hydroxylation sites is 2. The SMILES string of the molecule is CCOc1ccccc1OC1CCN(C(=O)C(C)Sc2ccc([N+](=O)[O-])cc2)CC1. The second kappa shape index (κ2) is 10.3. The lowest BCUT2D eigenvalue weighted by molar-refractivity contribution is -0.384. The molecule has 0 bridgehead atoms. The lowest BCUT2D eigenvalue weighted by Gasteiger charge is -2.33. The number of piperidine rings is 1. The molecule has 0 radical (unpaired) electrons. The summed E-state index contributed by atoms with van der Waals surface area (Å²) in [4.78, 5) is 25.9. The maximum Gasteiger partial charge on any atom is 0.269 e. The number of non-ortho nitro benzene ring substituents is 1. The average molecular weight is 431 g/mol. The fourth-order valence-corrected chi connectivity index (χ4v) is 4.31. The fourth-order valence-electron chi connectivity index (χ4n) is 3.35. The summed E-state index contributed by atoms with van der Waals surface area (Å²) in [6.07, 6.45) is 1.58. The van der Waals surface area contributed by atoms with Crippen molar-refractivity contribution < 1.29 is 19.2 Å². The van der Waals surface area contributed by atoms with Crippen LogP contribution in [0.2, 0.25) is 0 Å². The highest BCUT2D eigenvalue weighted by Crippen LogP contribution is 2.30. The van der Waals surface area contributed by atoms with E-state index in [1.54, 1.807) is 12.1 Å². The van der Waals surface area contributed by atoms with Gasteiger partial charge in [0.05, 0.1) is 16.8 Å². The number of rotatable bonds is 8. The Bertz CT molecular complexity index is 866. The van der Waals surface area contributed by atoms with E-state index in [1.165, 1.54) is 23.9 Å². The van der Waals surface area contributed by atoms with Crippen LogP contribution in [0.15, 0.2) is 53.4 Å². The minimum Gasteiger partial charge on any atom is -0.490 e. The second-order valence-electron chi connectivity index (χ2n) is 7.03. The molecule has 0 spiro atoms. The molecule has 30 heavy (non-hydrogen) atoms. The third-order valence-corrected chi connectivity index (χ3v) is 6.00. The molecule has 160 valence electrons. The summed E-state index contributed by atoms with van der Waals surface area (Å²) in [5.41, 5.74) is 0.0475. The van der Waals surface area contributed by atoms with Crippen LogP contribution in [0.5, 0.6) is 11.5 Å². The highest BCUT2D eigenvalue weighted by atomic mass is 32.2. The van der Waals surface area contributed by atoms with Gasteiger partial charge >= 0.3 is 0 Å². The normalized spacial score (nSPS) is 15.5. The first kappa shape index (κ1) is 22.0. The monoisotopic (exact) mass is 430 g/mol. The van der Waals surface area contributed by atoms with E-state index in [2.05, 4.69) is 0 Å². The van der Waals surface area contributed by atoms with Gasteiger partial charge in [-0.3, -0.25) is 14.9 Å². The van der Waals surface area contributed by atoms with Gasteiger partial charge in [0.15, 0.2) is 11.5 Å². The quantitative estimate of drug-likeness (QED) is 0.347. The van der Waals surface area contributed by atoms with Gasteiger partial charge in [0.2, 0.25) is 5.91 Å². The van der Waals surface area contributed by atoms with Crippen LogP contribution in [0.25, 0.3) is 0 Å². The largest absolute Gasteiger partial charge is 0.490 e. The predicted molar refractivity (Wildman–Crippen MR) is 116 cm³/mol. The molecule has 0 aromatic heterocycles. The van der Waals surface area contributed by atoms with Crippen molar-refractivity contribution in [3.63, 3.8) is 0 Å². The van der Waals surface area contributed by atoms with Crippen molar-refractivity contribution in [2.45, 2.75) is 42.9 Å². The lowest BCUT2D eigenvalue weighted by Crippen LogP contribution is -2.44. The van der Waals surface area contributed by atoms with Gasteiger partial charge in [-0.2, -0.15) is 0 Å². The Morgan fingerprint density at radius 2 is 1.80 bits per heavy atom. The van der Waals surface area contributed by atoms with Crippen LogP contribution in [-0.4, -0.2) is 46.8 Å². The first-order valence-corrected chi connectivity index (χ1v) is 10.9. The van der Waals surface area contributed by atoms with Crippen molar-refractivity contribution in [1.29, 1.82) is 0 Å². The van der Waals surface area contributed by atoms with Crippen molar-refractivity contribution in [2.75, 3.05) is 19.7 Å². The van der Waals surface area contributed by atoms with Crippen LogP contribution in [0.4, 0.5) is 5.69 Å². The van der Waals surface area contributed by atoms with Crippen LogP contribution in [-0.2, 0) is 4.79 Å². The molecule has 1 atom stereocenters. The summed E-state index contributed by atoms with van der Waals surface area (Å²) in [6.45, 7) is 5.68. The zero-order valence-electron chi connectivity index (χ0n) is 17.2. The summed E-state index contributed by atoms with van der Waals surface area (Å²) in [5, 5.41) is 10.5. The van der Waals surface area contributed by atoms with Crippen molar-refractivity contribution in [2.24, 2.45) is 0 Å². The van der Waals surface area contributed by atoms with E-state index >= 15 is 0 Å². The molecule has 0 N–H and O–H groups in total. The number of carbonyl (C=O) groups excluding carboxylic acids is 1. The highest BCUT2D eigenvalue weighted by molar-refractivity contribution is 8.00. The summed E-state index contributed by atoms with van der Waals surface area (Å²) in [5.74, 6) is 1.56. The highest BCUT2D eigenvalue weighted by Gasteiger charge is 2.28. The molecule has 7 nitrogen and oxygen atoms in total. The van der Waals surface area contributed by atoms with Crippen molar-refractivity contribution in [1.82, 2.24) is 4.90 Å². The Balaban J connectivity index is 1.50. The maximum absolute atomic E-state index is 12.8. The van der Waals surface area contributed by atoms with Gasteiger partial charge < -0.3 is 14.4 Å². The molecular formula is C22H26N2O5S. The minimum absolute atomic E-state index is 0.0475. The number of thioether (sulfide) groups is 1. The first-order valence-electron chi connectivity index (χ1n) is 10.1. The van der Waals surface area contributed by atoms with E-state index in [0.29, 0.717) is 19.7 Å². The average Bonchev–Trinajstić information content (AvgIpc) is 2.75. The number of nitrogens with zero attached hydrogens (tertiary/aromatic N) is 2. The summed E-state index contributed by atoms with van der Waals surface area (Å²) in [7, 11) is 0. The molecule has 1 aliphatic rings. The molecule has 2 aromatic carbocycles. The summed E-state index contributed by atoms with van der Waals surface area (Å²) in [6, 6.07) is 13.9. The number of nitro benzene ring substituents is 1. The third kappa shape index (κ3) is 5.66. The molecule has 0 saturated carbocycles.